The minimum absolute atomic E-state index is 0.0809. The van der Waals surface area contributed by atoms with Crippen LogP contribution in [0.2, 0.25) is 0 Å². The first kappa shape index (κ1) is 33.2. The fraction of sp³-hybridized carbons (Fsp3) is 0.500. The van der Waals surface area contributed by atoms with Crippen molar-refractivity contribution in [3.8, 4) is 11.1 Å². The summed E-state index contributed by atoms with van der Waals surface area (Å²) in [6.07, 6.45) is 7.13. The fourth-order valence-corrected chi connectivity index (χ4v) is 5.49. The molecule has 0 saturated carbocycles. The van der Waals surface area contributed by atoms with Gasteiger partial charge in [0.2, 0.25) is 0 Å². The molecule has 0 spiro atoms. The second-order valence-corrected chi connectivity index (χ2v) is 11.7. The summed E-state index contributed by atoms with van der Waals surface area (Å²) in [7, 11) is 1.41. The number of carbonyl (C=O) groups excluding carboxylic acids is 1. The zero-order chi connectivity index (χ0) is 30.1. The summed E-state index contributed by atoms with van der Waals surface area (Å²) >= 11 is 0. The van der Waals surface area contributed by atoms with Gasteiger partial charge in [-0.1, -0.05) is 84.9 Å². The average molecular weight is 546 g/mol. The van der Waals surface area contributed by atoms with E-state index < -0.39 is 0 Å². The van der Waals surface area contributed by atoms with E-state index in [4.69, 9.17) is 4.74 Å². The van der Waals surface area contributed by atoms with Gasteiger partial charge in [0.25, 0.3) is 0 Å². The summed E-state index contributed by atoms with van der Waals surface area (Å²) in [4.78, 5) is 16.1. The molecule has 1 heterocycles. The van der Waals surface area contributed by atoms with E-state index in [-0.39, 0.29) is 29.3 Å². The molecule has 4 nitrogen and oxygen atoms in total. The monoisotopic (exact) mass is 545 g/mol. The number of aliphatic hydroxyl groups excluding tert-OH is 1. The van der Waals surface area contributed by atoms with Crippen molar-refractivity contribution in [2.45, 2.75) is 106 Å². The summed E-state index contributed by atoms with van der Waals surface area (Å²) in [6.45, 7) is 19.2. The van der Waals surface area contributed by atoms with Crippen LogP contribution in [-0.2, 0) is 27.8 Å². The Balaban J connectivity index is 0.00000274. The van der Waals surface area contributed by atoms with Crippen molar-refractivity contribution in [2.24, 2.45) is 5.41 Å². The summed E-state index contributed by atoms with van der Waals surface area (Å²) in [5.74, 6) is -0.265. The van der Waals surface area contributed by atoms with Crippen LogP contribution in [0.15, 0.2) is 54.9 Å². The molecule has 4 heteroatoms. The highest BCUT2D eigenvalue weighted by Crippen LogP contribution is 2.41. The zero-order valence-corrected chi connectivity index (χ0v) is 26.5. The normalized spacial score (nSPS) is 12.4. The zero-order valence-electron chi connectivity index (χ0n) is 26.5. The molecule has 0 bridgehead atoms. The molecule has 3 rings (SSSR count). The van der Waals surface area contributed by atoms with E-state index >= 15 is 0 Å². The number of carbonyl (C=O) groups is 1. The molecule has 40 heavy (non-hydrogen) atoms. The van der Waals surface area contributed by atoms with Crippen LogP contribution >= 0.6 is 0 Å². The maximum absolute atomic E-state index is 11.7. The van der Waals surface area contributed by atoms with Crippen molar-refractivity contribution in [3.05, 3.63) is 88.2 Å². The third kappa shape index (κ3) is 7.81. The molecule has 1 unspecified atom stereocenters. The highest BCUT2D eigenvalue weighted by molar-refractivity contribution is 5.74. The third-order valence-electron chi connectivity index (χ3n) is 8.25. The van der Waals surface area contributed by atoms with Crippen LogP contribution in [0.4, 0.5) is 0 Å². The number of aryl methyl sites for hydroxylation is 3. The molecule has 1 atom stereocenters. The minimum Gasteiger partial charge on any atom is -0.469 e. The van der Waals surface area contributed by atoms with Crippen LogP contribution in [0.1, 0.15) is 101 Å². The van der Waals surface area contributed by atoms with E-state index in [9.17, 15) is 9.90 Å². The maximum atomic E-state index is 11.7. The molecule has 3 aromatic rings. The molecule has 2 aromatic carbocycles. The Hall–Kier alpha value is -2.98. The smallest absolute Gasteiger partial charge is 0.310 e. The number of benzene rings is 2. The Kier molecular flexibility index (Phi) is 12.1. The molecule has 218 valence electrons. The molecule has 1 N–H and O–H groups in total. The van der Waals surface area contributed by atoms with Gasteiger partial charge in [-0.3, -0.25) is 9.78 Å². The van der Waals surface area contributed by atoms with Gasteiger partial charge in [0.1, 0.15) is 0 Å². The molecule has 0 fully saturated rings. The SMILES string of the molecule is CC.CCC(CC)(c1ccc(CCC(O)C(C)(C)C)c(C)c1)c1ccc(-c2cncc(CC(=O)OC)c2)c(C)c1. The number of nitrogens with zero attached hydrogens (tertiary/aromatic N) is 1. The van der Waals surface area contributed by atoms with Gasteiger partial charge in [0.05, 0.1) is 19.6 Å². The van der Waals surface area contributed by atoms with Crippen molar-refractivity contribution < 1.29 is 14.6 Å². The van der Waals surface area contributed by atoms with Gasteiger partial charge in [0.15, 0.2) is 0 Å². The summed E-state index contributed by atoms with van der Waals surface area (Å²) < 4.78 is 4.82. The van der Waals surface area contributed by atoms with E-state index in [1.165, 1.54) is 34.9 Å². The average Bonchev–Trinajstić information content (AvgIpc) is 2.94. The predicted octanol–water partition coefficient (Wildman–Crippen LogP) is 8.55. The lowest BCUT2D eigenvalue weighted by Gasteiger charge is -2.34. The lowest BCUT2D eigenvalue weighted by atomic mass is 9.69. The number of aliphatic hydroxyl groups is 1. The highest BCUT2D eigenvalue weighted by Gasteiger charge is 2.31. The Labute approximate surface area is 243 Å². The summed E-state index contributed by atoms with van der Waals surface area (Å²) in [6, 6.07) is 15.7. The van der Waals surface area contributed by atoms with E-state index in [0.717, 1.165) is 42.4 Å². The van der Waals surface area contributed by atoms with Gasteiger partial charge in [0, 0.05) is 23.4 Å². The van der Waals surface area contributed by atoms with E-state index in [2.05, 4.69) is 89.8 Å². The van der Waals surface area contributed by atoms with Crippen LogP contribution in [0.25, 0.3) is 11.1 Å². The highest BCUT2D eigenvalue weighted by atomic mass is 16.5. The Morgan fingerprint density at radius 2 is 1.52 bits per heavy atom. The number of methoxy groups -OCH3 is 1. The molecular formula is C36H51NO3. The van der Waals surface area contributed by atoms with E-state index in [0.29, 0.717) is 0 Å². The standard InChI is InChI=1S/C34H45NO3.C2H6/c1-9-34(10-2,28-13-11-26(23(3)17-28)12-16-31(36)33(5,6)7)29-14-15-30(24(4)18-29)27-19-25(21-35-22-27)20-32(37)38-8;1-2/h11,13-15,17-19,21-22,31,36H,9-10,12,16,20H2,1-8H3;1-2H3. The van der Waals surface area contributed by atoms with Crippen molar-refractivity contribution in [1.82, 2.24) is 4.98 Å². The first-order valence-electron chi connectivity index (χ1n) is 14.9. The number of hydrogen-bond acceptors (Lipinski definition) is 4. The number of aromatic nitrogens is 1. The van der Waals surface area contributed by atoms with Crippen molar-refractivity contribution in [2.75, 3.05) is 7.11 Å². The predicted molar refractivity (Wildman–Crippen MR) is 168 cm³/mol. The first-order valence-corrected chi connectivity index (χ1v) is 14.9. The third-order valence-corrected chi connectivity index (χ3v) is 8.25. The van der Waals surface area contributed by atoms with Crippen molar-refractivity contribution in [1.29, 1.82) is 0 Å². The fourth-order valence-electron chi connectivity index (χ4n) is 5.49. The molecule has 0 aliphatic heterocycles. The van der Waals surface area contributed by atoms with Gasteiger partial charge < -0.3 is 9.84 Å². The van der Waals surface area contributed by atoms with Gasteiger partial charge in [-0.2, -0.15) is 0 Å². The number of rotatable bonds is 10. The van der Waals surface area contributed by atoms with E-state index in [1.807, 2.05) is 26.1 Å². The van der Waals surface area contributed by atoms with Gasteiger partial charge in [-0.05, 0) is 90.0 Å². The van der Waals surface area contributed by atoms with Crippen molar-refractivity contribution >= 4 is 5.97 Å². The van der Waals surface area contributed by atoms with Crippen LogP contribution in [-0.4, -0.2) is 29.3 Å². The Morgan fingerprint density at radius 3 is 2.05 bits per heavy atom. The van der Waals surface area contributed by atoms with Gasteiger partial charge in [-0.25, -0.2) is 0 Å². The molecule has 0 aliphatic carbocycles. The minimum atomic E-state index is -0.315. The van der Waals surface area contributed by atoms with Crippen molar-refractivity contribution in [3.63, 3.8) is 0 Å². The van der Waals surface area contributed by atoms with Crippen LogP contribution in [0, 0.1) is 19.3 Å². The number of ether oxygens (including phenoxy) is 1. The summed E-state index contributed by atoms with van der Waals surface area (Å²) in [5.41, 5.74) is 9.24. The maximum Gasteiger partial charge on any atom is 0.310 e. The Bertz CT molecular complexity index is 1250. The number of pyridine rings is 1. The van der Waals surface area contributed by atoms with Gasteiger partial charge >= 0.3 is 5.97 Å². The van der Waals surface area contributed by atoms with Gasteiger partial charge in [-0.15, -0.1) is 0 Å². The second-order valence-electron chi connectivity index (χ2n) is 11.7. The molecular weight excluding hydrogens is 494 g/mol. The first-order chi connectivity index (χ1) is 18.9. The lowest BCUT2D eigenvalue weighted by molar-refractivity contribution is -0.139. The van der Waals surface area contributed by atoms with E-state index in [1.54, 1.807) is 6.20 Å². The Morgan fingerprint density at radius 1 is 0.925 bits per heavy atom. The van der Waals surface area contributed by atoms with Crippen LogP contribution in [0.5, 0.6) is 0 Å². The molecule has 0 saturated heterocycles. The number of esters is 1. The molecule has 1 aromatic heterocycles. The summed E-state index contributed by atoms with van der Waals surface area (Å²) in [5, 5.41) is 10.5. The molecule has 0 amide bonds. The largest absolute Gasteiger partial charge is 0.469 e. The lowest BCUT2D eigenvalue weighted by Crippen LogP contribution is -2.27. The molecule has 0 radical (unpaired) electrons. The topological polar surface area (TPSA) is 59.4 Å². The molecule has 0 aliphatic rings. The number of hydrogen-bond donors (Lipinski definition) is 1. The van der Waals surface area contributed by atoms with Crippen LogP contribution < -0.4 is 0 Å². The second kappa shape index (κ2) is 14.6. The quantitative estimate of drug-likeness (QED) is 0.259. The van der Waals surface area contributed by atoms with Crippen LogP contribution in [0.3, 0.4) is 0 Å².